The lowest BCUT2D eigenvalue weighted by molar-refractivity contribution is -0.0176. The Bertz CT molecular complexity index is 1390. The number of methoxy groups -OCH3 is 1. The van der Waals surface area contributed by atoms with Gasteiger partial charge in [0, 0.05) is 11.0 Å². The smallest absolute Gasteiger partial charge is 0.280 e. The Balaban J connectivity index is 1.34. The minimum atomic E-state index is -2.74. The predicted molar refractivity (Wildman–Crippen MR) is 123 cm³/mol. The summed E-state index contributed by atoms with van der Waals surface area (Å²) in [7, 11) is 1.54. The minimum Gasteiger partial charge on any atom is -0.496 e. The summed E-state index contributed by atoms with van der Waals surface area (Å²) in [5.41, 5.74) is 1.38. The van der Waals surface area contributed by atoms with Crippen molar-refractivity contribution in [2.45, 2.75) is 50.4 Å². The highest BCUT2D eigenvalue weighted by atomic mass is 19.3. The fourth-order valence-electron chi connectivity index (χ4n) is 7.21. The van der Waals surface area contributed by atoms with Crippen molar-refractivity contribution < 1.29 is 17.9 Å². The van der Waals surface area contributed by atoms with Crippen molar-refractivity contribution in [1.29, 1.82) is 0 Å². The topological polar surface area (TPSA) is 78.3 Å². The van der Waals surface area contributed by atoms with E-state index in [0.717, 1.165) is 41.5 Å². The number of hydrogen-bond donors (Lipinski definition) is 0. The SMILES string of the molecule is COc1ccccc1-c1cc(C(F)F)n2ncc(-c3nnc(C45CC6CC(CC(C6)C4)C5)o3)c2n1. The second-order valence-corrected chi connectivity index (χ2v) is 10.5. The number of hydrogen-bond acceptors (Lipinski definition) is 6. The molecular formula is C26H25F2N5O2. The van der Waals surface area contributed by atoms with Gasteiger partial charge in [-0.2, -0.15) is 5.10 Å². The van der Waals surface area contributed by atoms with Crippen molar-refractivity contribution in [2.75, 3.05) is 7.11 Å². The van der Waals surface area contributed by atoms with Crippen LogP contribution in [0.1, 0.15) is 56.5 Å². The first-order valence-electron chi connectivity index (χ1n) is 12.2. The quantitative estimate of drug-likeness (QED) is 0.358. The molecule has 180 valence electrons. The Hall–Kier alpha value is -3.36. The number of fused-ring (bicyclic) bond motifs is 1. The molecular weight excluding hydrogens is 452 g/mol. The Kier molecular flexibility index (Phi) is 4.53. The molecule has 0 amide bonds. The molecule has 4 bridgehead atoms. The van der Waals surface area contributed by atoms with Crippen molar-refractivity contribution in [3.8, 4) is 28.5 Å². The van der Waals surface area contributed by atoms with Gasteiger partial charge in [-0.3, -0.25) is 0 Å². The first kappa shape index (κ1) is 21.0. The normalized spacial score (nSPS) is 27.3. The van der Waals surface area contributed by atoms with Crippen molar-refractivity contribution in [2.24, 2.45) is 17.8 Å². The predicted octanol–water partition coefficient (Wildman–Crippen LogP) is 5.86. The third kappa shape index (κ3) is 3.20. The van der Waals surface area contributed by atoms with Gasteiger partial charge >= 0.3 is 0 Å². The van der Waals surface area contributed by atoms with Gasteiger partial charge < -0.3 is 9.15 Å². The molecule has 0 N–H and O–H groups in total. The molecule has 4 aliphatic carbocycles. The van der Waals surface area contributed by atoms with Crippen LogP contribution in [0.5, 0.6) is 5.75 Å². The van der Waals surface area contributed by atoms with Crippen LogP contribution in [0, 0.1) is 17.8 Å². The van der Waals surface area contributed by atoms with Crippen LogP contribution in [0.2, 0.25) is 0 Å². The second kappa shape index (κ2) is 7.57. The molecule has 4 aromatic rings. The Labute approximate surface area is 200 Å². The van der Waals surface area contributed by atoms with Gasteiger partial charge in [-0.15, -0.1) is 10.2 Å². The number of ether oxygens (including phenoxy) is 1. The number of para-hydroxylation sites is 1. The van der Waals surface area contributed by atoms with E-state index in [1.54, 1.807) is 19.2 Å². The average Bonchev–Trinajstić information content (AvgIpc) is 3.50. The Morgan fingerprint density at radius 1 is 1.03 bits per heavy atom. The molecule has 9 heteroatoms. The van der Waals surface area contributed by atoms with Crippen LogP contribution in [0.4, 0.5) is 8.78 Å². The van der Waals surface area contributed by atoms with E-state index in [1.807, 2.05) is 12.1 Å². The summed E-state index contributed by atoms with van der Waals surface area (Å²) in [6.45, 7) is 0. The molecule has 0 spiro atoms. The van der Waals surface area contributed by atoms with Gasteiger partial charge in [0.2, 0.25) is 5.89 Å². The number of aromatic nitrogens is 5. The van der Waals surface area contributed by atoms with Crippen LogP contribution >= 0.6 is 0 Å². The Morgan fingerprint density at radius 2 is 1.74 bits per heavy atom. The first-order valence-corrected chi connectivity index (χ1v) is 12.2. The molecule has 7 nitrogen and oxygen atoms in total. The van der Waals surface area contributed by atoms with Crippen LogP contribution < -0.4 is 4.74 Å². The van der Waals surface area contributed by atoms with E-state index in [2.05, 4.69) is 15.3 Å². The van der Waals surface area contributed by atoms with Crippen molar-refractivity contribution in [3.63, 3.8) is 0 Å². The molecule has 4 saturated carbocycles. The standard InChI is InChI=1S/C26H25F2N5O2/c1-34-21-5-3-2-4-17(21)19-9-20(22(27)28)33-23(30-19)18(13-29-33)24-31-32-25(35-24)26-10-14-6-15(11-26)8-16(7-14)12-26/h2-5,9,13-16,22H,6-8,10-12H2,1H3. The van der Waals surface area contributed by atoms with E-state index in [1.165, 1.54) is 31.5 Å². The summed E-state index contributed by atoms with van der Waals surface area (Å²) in [4.78, 5) is 4.69. The summed E-state index contributed by atoms with van der Waals surface area (Å²) in [6, 6.07) is 8.56. The lowest BCUT2D eigenvalue weighted by Crippen LogP contribution is -2.48. The largest absolute Gasteiger partial charge is 0.496 e. The highest BCUT2D eigenvalue weighted by molar-refractivity contribution is 5.76. The summed E-state index contributed by atoms with van der Waals surface area (Å²) >= 11 is 0. The third-order valence-electron chi connectivity index (χ3n) is 8.25. The molecule has 4 aliphatic rings. The maximum atomic E-state index is 14.0. The maximum absolute atomic E-state index is 14.0. The van der Waals surface area contributed by atoms with Crippen molar-refractivity contribution in [1.82, 2.24) is 24.8 Å². The minimum absolute atomic E-state index is 0.0485. The maximum Gasteiger partial charge on any atom is 0.280 e. The molecule has 3 heterocycles. The molecule has 0 aliphatic heterocycles. The summed E-state index contributed by atoms with van der Waals surface area (Å²) in [5, 5.41) is 13.0. The van der Waals surface area contributed by atoms with Gasteiger partial charge in [0.15, 0.2) is 5.65 Å². The van der Waals surface area contributed by atoms with E-state index >= 15 is 0 Å². The Morgan fingerprint density at radius 3 is 2.43 bits per heavy atom. The average molecular weight is 478 g/mol. The van der Waals surface area contributed by atoms with Gasteiger partial charge in [0.25, 0.3) is 12.3 Å². The lowest BCUT2D eigenvalue weighted by Gasteiger charge is -2.55. The van der Waals surface area contributed by atoms with E-state index in [0.29, 0.717) is 28.5 Å². The molecule has 1 aromatic carbocycles. The first-order chi connectivity index (χ1) is 17.0. The summed E-state index contributed by atoms with van der Waals surface area (Å²) < 4.78 is 41.0. The molecule has 0 atom stereocenters. The zero-order chi connectivity index (χ0) is 23.7. The molecule has 8 rings (SSSR count). The molecule has 0 saturated heterocycles. The fraction of sp³-hybridized carbons (Fsp3) is 0.462. The van der Waals surface area contributed by atoms with Gasteiger partial charge in [-0.25, -0.2) is 18.3 Å². The van der Waals surface area contributed by atoms with E-state index < -0.39 is 6.43 Å². The van der Waals surface area contributed by atoms with E-state index in [-0.39, 0.29) is 22.6 Å². The molecule has 0 radical (unpaired) electrons. The molecule has 3 aromatic heterocycles. The molecule has 0 unspecified atom stereocenters. The van der Waals surface area contributed by atoms with Crippen molar-refractivity contribution in [3.05, 3.63) is 48.1 Å². The van der Waals surface area contributed by atoms with Crippen LogP contribution in [-0.4, -0.2) is 31.9 Å². The second-order valence-electron chi connectivity index (χ2n) is 10.5. The summed E-state index contributed by atoms with van der Waals surface area (Å²) in [6.07, 6.45) is 5.99. The van der Waals surface area contributed by atoms with Gasteiger partial charge in [0.05, 0.1) is 19.0 Å². The zero-order valence-corrected chi connectivity index (χ0v) is 19.3. The summed E-state index contributed by atoms with van der Waals surface area (Å²) in [5.74, 6) is 3.73. The molecule has 4 fully saturated rings. The van der Waals surface area contributed by atoms with Gasteiger partial charge in [-0.1, -0.05) is 12.1 Å². The zero-order valence-electron chi connectivity index (χ0n) is 19.3. The fourth-order valence-corrected chi connectivity index (χ4v) is 7.21. The monoisotopic (exact) mass is 477 g/mol. The highest BCUT2D eigenvalue weighted by Gasteiger charge is 2.54. The number of nitrogens with zero attached hydrogens (tertiary/aromatic N) is 5. The number of halogens is 2. The van der Waals surface area contributed by atoms with E-state index in [9.17, 15) is 8.78 Å². The lowest BCUT2D eigenvalue weighted by atomic mass is 9.49. The highest BCUT2D eigenvalue weighted by Crippen LogP contribution is 2.60. The van der Waals surface area contributed by atoms with Crippen LogP contribution in [0.3, 0.4) is 0 Å². The van der Waals surface area contributed by atoms with Crippen LogP contribution in [0.25, 0.3) is 28.4 Å². The number of rotatable bonds is 5. The van der Waals surface area contributed by atoms with Crippen molar-refractivity contribution >= 4 is 5.65 Å². The van der Waals surface area contributed by atoms with Gasteiger partial charge in [0.1, 0.15) is 17.0 Å². The van der Waals surface area contributed by atoms with Crippen LogP contribution in [0.15, 0.2) is 40.9 Å². The number of alkyl halides is 2. The number of benzene rings is 1. The van der Waals surface area contributed by atoms with E-state index in [4.69, 9.17) is 14.1 Å². The third-order valence-corrected chi connectivity index (χ3v) is 8.25. The molecule has 35 heavy (non-hydrogen) atoms. The van der Waals surface area contributed by atoms with Gasteiger partial charge in [-0.05, 0) is 74.5 Å². The van der Waals surface area contributed by atoms with Crippen LogP contribution in [-0.2, 0) is 5.41 Å².